The van der Waals surface area contributed by atoms with Gasteiger partial charge in [0.15, 0.2) is 0 Å². The van der Waals surface area contributed by atoms with Crippen LogP contribution in [-0.2, 0) is 13.6 Å². The number of rotatable bonds is 3. The molecule has 0 radical (unpaired) electrons. The Balaban J connectivity index is 1.19. The van der Waals surface area contributed by atoms with Crippen molar-refractivity contribution < 1.29 is 9.59 Å². The molecule has 4 aromatic rings. The van der Waals surface area contributed by atoms with E-state index >= 15 is 0 Å². The van der Waals surface area contributed by atoms with Crippen molar-refractivity contribution in [2.75, 3.05) is 13.1 Å². The van der Waals surface area contributed by atoms with Gasteiger partial charge in [0.05, 0.1) is 5.52 Å². The summed E-state index contributed by atoms with van der Waals surface area (Å²) in [5.74, 6) is 0.163. The fourth-order valence-corrected chi connectivity index (χ4v) is 5.56. The Morgan fingerprint density at radius 1 is 0.943 bits per heavy atom. The zero-order valence-electron chi connectivity index (χ0n) is 20.1. The molecule has 0 saturated carbocycles. The van der Waals surface area contributed by atoms with Crippen LogP contribution in [0.4, 0.5) is 0 Å². The monoisotopic (exact) mass is 464 g/mol. The van der Waals surface area contributed by atoms with E-state index in [1.54, 1.807) is 0 Å². The van der Waals surface area contributed by atoms with Crippen molar-refractivity contribution in [1.82, 2.24) is 19.6 Å². The summed E-state index contributed by atoms with van der Waals surface area (Å²) < 4.78 is 1.86. The molecule has 2 aliphatic rings. The fourth-order valence-electron chi connectivity index (χ4n) is 5.56. The Morgan fingerprint density at radius 3 is 2.40 bits per heavy atom. The van der Waals surface area contributed by atoms with Crippen LogP contribution in [0.25, 0.3) is 22.2 Å². The summed E-state index contributed by atoms with van der Waals surface area (Å²) in [5, 5.41) is 5.81. The standard InChI is InChI=1S/C29H28N4O2/c1-19-7-3-5-9-23(19)27-25-12-11-20(17-26(25)31(2)30-27)28(34)32-15-13-22(14-16-32)33-18-21-8-4-6-10-24(21)29(33)35/h3-12,17,22H,13-16,18H2,1-2H3. The number of aromatic nitrogens is 2. The van der Waals surface area contributed by atoms with Gasteiger partial charge >= 0.3 is 0 Å². The number of benzene rings is 3. The highest BCUT2D eigenvalue weighted by atomic mass is 16.2. The lowest BCUT2D eigenvalue weighted by Crippen LogP contribution is -2.46. The minimum absolute atomic E-state index is 0.0417. The molecule has 2 amide bonds. The first kappa shape index (κ1) is 21.6. The minimum Gasteiger partial charge on any atom is -0.338 e. The number of piperidine rings is 1. The lowest BCUT2D eigenvalue weighted by molar-refractivity contribution is 0.0535. The molecule has 3 aromatic carbocycles. The number of hydrogen-bond donors (Lipinski definition) is 0. The minimum atomic E-state index is 0.0417. The van der Waals surface area contributed by atoms with E-state index < -0.39 is 0 Å². The molecule has 6 nitrogen and oxygen atoms in total. The Hall–Kier alpha value is -3.93. The third kappa shape index (κ3) is 3.60. The van der Waals surface area contributed by atoms with Crippen molar-refractivity contribution >= 4 is 22.7 Å². The first-order valence-corrected chi connectivity index (χ1v) is 12.2. The summed E-state index contributed by atoms with van der Waals surface area (Å²) in [5.41, 5.74) is 6.78. The topological polar surface area (TPSA) is 58.4 Å². The van der Waals surface area contributed by atoms with Gasteiger partial charge in [0.1, 0.15) is 5.69 Å². The summed E-state index contributed by atoms with van der Waals surface area (Å²) in [6.07, 6.45) is 1.60. The van der Waals surface area contributed by atoms with E-state index in [9.17, 15) is 9.59 Å². The Bertz CT molecular complexity index is 1460. The number of aryl methyl sites for hydroxylation is 2. The zero-order chi connectivity index (χ0) is 24.1. The predicted molar refractivity (Wildman–Crippen MR) is 136 cm³/mol. The molecule has 6 rings (SSSR count). The van der Waals surface area contributed by atoms with Crippen LogP contribution >= 0.6 is 0 Å². The van der Waals surface area contributed by atoms with E-state index in [1.165, 1.54) is 5.56 Å². The maximum atomic E-state index is 13.4. The molecule has 0 unspecified atom stereocenters. The van der Waals surface area contributed by atoms with Gasteiger partial charge in [-0.15, -0.1) is 0 Å². The van der Waals surface area contributed by atoms with Gasteiger partial charge in [-0.1, -0.05) is 42.5 Å². The van der Waals surface area contributed by atoms with E-state index in [0.717, 1.165) is 46.1 Å². The number of fused-ring (bicyclic) bond motifs is 2. The maximum absolute atomic E-state index is 13.4. The largest absolute Gasteiger partial charge is 0.338 e. The third-order valence-corrected chi connectivity index (χ3v) is 7.54. The molecular formula is C29H28N4O2. The Labute approximate surface area is 204 Å². The van der Waals surface area contributed by atoms with E-state index in [-0.39, 0.29) is 17.9 Å². The van der Waals surface area contributed by atoms with Crippen molar-refractivity contribution in [1.29, 1.82) is 0 Å². The summed E-state index contributed by atoms with van der Waals surface area (Å²) in [7, 11) is 1.93. The second-order valence-corrected chi connectivity index (χ2v) is 9.63. The molecule has 1 aromatic heterocycles. The van der Waals surface area contributed by atoms with Gasteiger partial charge in [0.25, 0.3) is 11.8 Å². The molecule has 0 aliphatic carbocycles. The summed E-state index contributed by atoms with van der Waals surface area (Å²) in [6.45, 7) is 4.07. The number of likely N-dealkylation sites (tertiary alicyclic amines) is 1. The van der Waals surface area contributed by atoms with Gasteiger partial charge in [0.2, 0.25) is 0 Å². The highest BCUT2D eigenvalue weighted by Crippen LogP contribution is 2.32. The molecule has 0 spiro atoms. The van der Waals surface area contributed by atoms with Gasteiger partial charge < -0.3 is 9.80 Å². The van der Waals surface area contributed by atoms with Crippen LogP contribution < -0.4 is 0 Å². The SMILES string of the molecule is Cc1ccccc1-c1nn(C)c2cc(C(=O)N3CCC(N4Cc5ccccc5C4=O)CC3)ccc12. The molecule has 3 heterocycles. The predicted octanol–water partition coefficient (Wildman–Crippen LogP) is 4.81. The molecule has 0 bridgehead atoms. The second kappa shape index (κ2) is 8.38. The lowest BCUT2D eigenvalue weighted by Gasteiger charge is -2.36. The van der Waals surface area contributed by atoms with E-state index in [0.29, 0.717) is 25.2 Å². The number of carbonyl (C=O) groups excluding carboxylic acids is 2. The number of hydrogen-bond acceptors (Lipinski definition) is 3. The molecule has 2 aliphatic heterocycles. The second-order valence-electron chi connectivity index (χ2n) is 9.63. The van der Waals surface area contributed by atoms with Gasteiger partial charge in [-0.3, -0.25) is 14.3 Å². The highest BCUT2D eigenvalue weighted by molar-refractivity contribution is 6.01. The van der Waals surface area contributed by atoms with Crippen LogP contribution in [0.1, 0.15) is 44.7 Å². The molecule has 0 N–H and O–H groups in total. The fraction of sp³-hybridized carbons (Fsp3) is 0.276. The van der Waals surface area contributed by atoms with Crippen molar-refractivity contribution in [2.45, 2.75) is 32.4 Å². The summed E-state index contributed by atoms with van der Waals surface area (Å²) >= 11 is 0. The van der Waals surface area contributed by atoms with Crippen LogP contribution in [0.2, 0.25) is 0 Å². The van der Waals surface area contributed by atoms with Crippen molar-refractivity contribution in [3.05, 3.63) is 89.0 Å². The quantitative estimate of drug-likeness (QED) is 0.437. The molecule has 1 saturated heterocycles. The molecule has 176 valence electrons. The average molecular weight is 465 g/mol. The molecule has 35 heavy (non-hydrogen) atoms. The van der Waals surface area contributed by atoms with Crippen molar-refractivity contribution in [3.63, 3.8) is 0 Å². The van der Waals surface area contributed by atoms with E-state index in [4.69, 9.17) is 5.10 Å². The smallest absolute Gasteiger partial charge is 0.254 e. The Kier molecular flexibility index (Phi) is 5.17. The normalized spacial score (nSPS) is 16.2. The number of nitrogens with zero attached hydrogens (tertiary/aromatic N) is 4. The first-order chi connectivity index (χ1) is 17.0. The number of carbonyl (C=O) groups is 2. The van der Waals surface area contributed by atoms with E-state index in [1.807, 2.05) is 76.1 Å². The van der Waals surface area contributed by atoms with Gasteiger partial charge in [0, 0.05) is 54.8 Å². The zero-order valence-corrected chi connectivity index (χ0v) is 20.1. The summed E-state index contributed by atoms with van der Waals surface area (Å²) in [6, 6.07) is 22.2. The summed E-state index contributed by atoms with van der Waals surface area (Å²) in [4.78, 5) is 30.1. The molecular weight excluding hydrogens is 436 g/mol. The lowest BCUT2D eigenvalue weighted by atomic mass is 10.0. The van der Waals surface area contributed by atoms with Gasteiger partial charge in [-0.05, 0) is 55.2 Å². The Morgan fingerprint density at radius 2 is 1.66 bits per heavy atom. The van der Waals surface area contributed by atoms with Crippen LogP contribution in [-0.4, -0.2) is 50.5 Å². The third-order valence-electron chi connectivity index (χ3n) is 7.54. The molecule has 1 fully saturated rings. The van der Waals surface area contributed by atoms with Crippen molar-refractivity contribution in [2.24, 2.45) is 7.05 Å². The maximum Gasteiger partial charge on any atom is 0.254 e. The number of amides is 2. The highest BCUT2D eigenvalue weighted by Gasteiger charge is 2.35. The van der Waals surface area contributed by atoms with E-state index in [2.05, 4.69) is 19.1 Å². The van der Waals surface area contributed by atoms with Crippen LogP contribution in [0.5, 0.6) is 0 Å². The van der Waals surface area contributed by atoms with Gasteiger partial charge in [-0.2, -0.15) is 5.10 Å². The van der Waals surface area contributed by atoms with Crippen LogP contribution in [0, 0.1) is 6.92 Å². The van der Waals surface area contributed by atoms with Crippen LogP contribution in [0.15, 0.2) is 66.7 Å². The first-order valence-electron chi connectivity index (χ1n) is 12.2. The van der Waals surface area contributed by atoms with Crippen molar-refractivity contribution in [3.8, 4) is 11.3 Å². The van der Waals surface area contributed by atoms with Gasteiger partial charge in [-0.25, -0.2) is 0 Å². The molecule has 0 atom stereocenters. The van der Waals surface area contributed by atoms with Crippen LogP contribution in [0.3, 0.4) is 0 Å². The molecule has 6 heteroatoms. The average Bonchev–Trinajstić information content (AvgIpc) is 3.40.